The molecule has 1 fully saturated rings. The van der Waals surface area contributed by atoms with E-state index in [9.17, 15) is 9.90 Å². The largest absolute Gasteiger partial charge is 0.413 e. The Bertz CT molecular complexity index is 755. The van der Waals surface area contributed by atoms with E-state index in [0.29, 0.717) is 12.3 Å². The molecule has 1 saturated heterocycles. The van der Waals surface area contributed by atoms with Crippen LogP contribution in [0.15, 0.2) is 54.6 Å². The fourth-order valence-corrected chi connectivity index (χ4v) is 3.88. The van der Waals surface area contributed by atoms with Crippen LogP contribution in [0.1, 0.15) is 30.1 Å². The number of carbonyl (C=O) groups excluding carboxylic acids is 1. The van der Waals surface area contributed by atoms with Crippen LogP contribution in [0.5, 0.6) is 5.75 Å². The first kappa shape index (κ1) is 16.1. The third kappa shape index (κ3) is 3.13. The number of para-hydroxylation sites is 1. The first-order valence-corrected chi connectivity index (χ1v) is 8.71. The summed E-state index contributed by atoms with van der Waals surface area (Å²) < 4.78 is 5.30. The van der Waals surface area contributed by atoms with E-state index in [1.165, 1.54) is 0 Å². The molecule has 2 N–H and O–H groups in total. The molecule has 0 saturated carbocycles. The second-order valence-corrected chi connectivity index (χ2v) is 6.82. The van der Waals surface area contributed by atoms with Crippen LogP contribution in [0.3, 0.4) is 0 Å². The van der Waals surface area contributed by atoms with Gasteiger partial charge in [-0.25, -0.2) is 4.79 Å². The summed E-state index contributed by atoms with van der Waals surface area (Å²) in [5.74, 6) is 0.657. The minimum absolute atomic E-state index is 0.361. The summed E-state index contributed by atoms with van der Waals surface area (Å²) in [5, 5.41) is 13.5. The maximum Gasteiger partial charge on any atom is 0.413 e. The number of nitrogens with one attached hydrogen (secondary N) is 1. The van der Waals surface area contributed by atoms with Gasteiger partial charge in [-0.2, -0.15) is 0 Å². The van der Waals surface area contributed by atoms with Gasteiger partial charge in [0.05, 0.1) is 11.6 Å². The lowest BCUT2D eigenvalue weighted by molar-refractivity contribution is 0.0671. The molecule has 1 unspecified atom stereocenters. The Kier molecular flexibility index (Phi) is 4.19. The molecule has 1 atom stereocenters. The van der Waals surface area contributed by atoms with Crippen LogP contribution in [-0.2, 0) is 5.54 Å². The van der Waals surface area contributed by atoms with Gasteiger partial charge < -0.3 is 20.1 Å². The molecule has 5 heteroatoms. The number of β-amino-alcohol motifs (C(OH)–C–C–N with tert-alkyl or cyclic N) is 1. The van der Waals surface area contributed by atoms with Crippen LogP contribution in [0.25, 0.3) is 0 Å². The number of hydrogen-bond acceptors (Lipinski definition) is 4. The Labute approximate surface area is 147 Å². The number of rotatable bonds is 3. The molecule has 1 amide bonds. The van der Waals surface area contributed by atoms with Gasteiger partial charge in [0.25, 0.3) is 0 Å². The minimum Gasteiger partial charge on any atom is -0.410 e. The number of likely N-dealkylation sites (tertiary alicyclic amines) is 1. The molecule has 5 nitrogen and oxygen atoms in total. The van der Waals surface area contributed by atoms with Crippen molar-refractivity contribution in [3.8, 4) is 5.75 Å². The fourth-order valence-electron chi connectivity index (χ4n) is 3.88. The zero-order valence-corrected chi connectivity index (χ0v) is 14.0. The van der Waals surface area contributed by atoms with Gasteiger partial charge in [-0.05, 0) is 24.5 Å². The molecular formula is C20H22N2O3. The van der Waals surface area contributed by atoms with Gasteiger partial charge in [-0.3, -0.25) is 0 Å². The van der Waals surface area contributed by atoms with Crippen LogP contribution in [-0.4, -0.2) is 35.7 Å². The highest BCUT2D eigenvalue weighted by Crippen LogP contribution is 2.40. The number of ether oxygens (including phenoxy) is 1. The van der Waals surface area contributed by atoms with Crippen LogP contribution in [0, 0.1) is 0 Å². The lowest BCUT2D eigenvalue weighted by Crippen LogP contribution is -2.56. The lowest BCUT2D eigenvalue weighted by atomic mass is 9.79. The van der Waals surface area contributed by atoms with Crippen molar-refractivity contribution in [2.24, 2.45) is 0 Å². The van der Waals surface area contributed by atoms with Crippen LogP contribution >= 0.6 is 0 Å². The molecule has 2 aliphatic heterocycles. The highest BCUT2D eigenvalue weighted by Gasteiger charge is 2.43. The van der Waals surface area contributed by atoms with Crippen molar-refractivity contribution in [1.82, 2.24) is 10.2 Å². The quantitative estimate of drug-likeness (QED) is 0.903. The predicted molar refractivity (Wildman–Crippen MR) is 94.4 cm³/mol. The SMILES string of the molecule is O=C1NC2(CCN(CC(O)c3ccccc3)CC2)c2ccccc2O1. The van der Waals surface area contributed by atoms with Gasteiger partial charge >= 0.3 is 6.09 Å². The first-order valence-electron chi connectivity index (χ1n) is 8.71. The molecule has 1 spiro atoms. The summed E-state index contributed by atoms with van der Waals surface area (Å²) in [7, 11) is 0. The summed E-state index contributed by atoms with van der Waals surface area (Å²) in [6.07, 6.45) is 0.740. The number of carbonyl (C=O) groups is 1. The lowest BCUT2D eigenvalue weighted by Gasteiger charge is -2.45. The minimum atomic E-state index is -0.494. The van der Waals surface area contributed by atoms with Crippen molar-refractivity contribution in [3.63, 3.8) is 0 Å². The van der Waals surface area contributed by atoms with E-state index in [-0.39, 0.29) is 11.6 Å². The van der Waals surface area contributed by atoms with Gasteiger partial charge in [0.2, 0.25) is 0 Å². The highest BCUT2D eigenvalue weighted by molar-refractivity contribution is 5.75. The number of aliphatic hydroxyl groups excluding tert-OH is 1. The predicted octanol–water partition coefficient (Wildman–Crippen LogP) is 2.81. The van der Waals surface area contributed by atoms with E-state index >= 15 is 0 Å². The Morgan fingerprint density at radius 1 is 1.08 bits per heavy atom. The average molecular weight is 338 g/mol. The molecule has 2 aromatic carbocycles. The normalized spacial score (nSPS) is 20.4. The fraction of sp³-hybridized carbons (Fsp3) is 0.350. The van der Waals surface area contributed by atoms with E-state index < -0.39 is 6.10 Å². The molecule has 2 aliphatic rings. The monoisotopic (exact) mass is 338 g/mol. The van der Waals surface area contributed by atoms with Crippen molar-refractivity contribution < 1.29 is 14.6 Å². The number of fused-ring (bicyclic) bond motifs is 2. The van der Waals surface area contributed by atoms with Crippen LogP contribution < -0.4 is 10.1 Å². The van der Waals surface area contributed by atoms with Crippen molar-refractivity contribution in [2.45, 2.75) is 24.5 Å². The molecule has 0 radical (unpaired) electrons. The molecule has 2 heterocycles. The average Bonchev–Trinajstić information content (AvgIpc) is 2.64. The molecule has 2 aromatic rings. The maximum absolute atomic E-state index is 12.0. The third-order valence-corrected chi connectivity index (χ3v) is 5.27. The van der Waals surface area contributed by atoms with E-state index in [4.69, 9.17) is 4.74 Å². The second-order valence-electron chi connectivity index (χ2n) is 6.82. The van der Waals surface area contributed by atoms with Gasteiger partial charge in [0, 0.05) is 25.2 Å². The van der Waals surface area contributed by atoms with Crippen molar-refractivity contribution in [2.75, 3.05) is 19.6 Å². The summed E-state index contributed by atoms with van der Waals surface area (Å²) in [6, 6.07) is 17.5. The Balaban J connectivity index is 1.46. The van der Waals surface area contributed by atoms with E-state index in [2.05, 4.69) is 10.2 Å². The molecule has 0 aromatic heterocycles. The summed E-state index contributed by atoms with van der Waals surface area (Å²) in [4.78, 5) is 14.2. The van der Waals surface area contributed by atoms with E-state index in [0.717, 1.165) is 37.1 Å². The number of piperidine rings is 1. The van der Waals surface area contributed by atoms with E-state index in [1.54, 1.807) is 0 Å². The van der Waals surface area contributed by atoms with Gasteiger partial charge in [-0.15, -0.1) is 0 Å². The maximum atomic E-state index is 12.0. The molecule has 25 heavy (non-hydrogen) atoms. The van der Waals surface area contributed by atoms with Gasteiger partial charge in [0.15, 0.2) is 0 Å². The summed E-state index contributed by atoms with van der Waals surface area (Å²) >= 11 is 0. The smallest absolute Gasteiger partial charge is 0.410 e. The number of hydrogen-bond donors (Lipinski definition) is 2. The summed E-state index contributed by atoms with van der Waals surface area (Å²) in [6.45, 7) is 2.24. The van der Waals surface area contributed by atoms with Gasteiger partial charge in [0.1, 0.15) is 5.75 Å². The highest BCUT2D eigenvalue weighted by atomic mass is 16.6. The Morgan fingerprint density at radius 3 is 2.52 bits per heavy atom. The summed E-state index contributed by atoms with van der Waals surface area (Å²) in [5.41, 5.74) is 1.63. The van der Waals surface area contributed by atoms with Crippen LogP contribution in [0.2, 0.25) is 0 Å². The number of amides is 1. The van der Waals surface area contributed by atoms with E-state index in [1.807, 2.05) is 54.6 Å². The molecule has 0 aliphatic carbocycles. The number of aliphatic hydroxyl groups is 1. The van der Waals surface area contributed by atoms with Crippen LogP contribution in [0.4, 0.5) is 4.79 Å². The molecule has 130 valence electrons. The zero-order chi connectivity index (χ0) is 17.3. The van der Waals surface area contributed by atoms with Crippen molar-refractivity contribution in [3.05, 3.63) is 65.7 Å². The second kappa shape index (κ2) is 6.50. The number of benzene rings is 2. The molecule has 4 rings (SSSR count). The topological polar surface area (TPSA) is 61.8 Å². The standard InChI is InChI=1S/C20H22N2O3/c23-17(15-6-2-1-3-7-15)14-22-12-10-20(11-13-22)16-8-4-5-9-18(16)25-19(24)21-20/h1-9,17,23H,10-14H2,(H,21,24). The number of nitrogens with zero attached hydrogens (tertiary/aromatic N) is 1. The van der Waals surface area contributed by atoms with Crippen molar-refractivity contribution >= 4 is 6.09 Å². The van der Waals surface area contributed by atoms with Crippen molar-refractivity contribution in [1.29, 1.82) is 0 Å². The van der Waals surface area contributed by atoms with Gasteiger partial charge in [-0.1, -0.05) is 48.5 Å². The Morgan fingerprint density at radius 2 is 1.76 bits per heavy atom. The Hall–Kier alpha value is -2.37. The third-order valence-electron chi connectivity index (χ3n) is 5.27. The molecule has 0 bridgehead atoms. The molecular weight excluding hydrogens is 316 g/mol. The zero-order valence-electron chi connectivity index (χ0n) is 14.0. The first-order chi connectivity index (χ1) is 12.2.